The lowest BCUT2D eigenvalue weighted by molar-refractivity contribution is 0.581. The molecule has 0 amide bonds. The summed E-state index contributed by atoms with van der Waals surface area (Å²) in [6, 6.07) is 18.2. The molecular weight excluding hydrogens is 328 g/mol. The lowest BCUT2D eigenvalue weighted by Crippen LogP contribution is -2.18. The van der Waals surface area contributed by atoms with Crippen LogP contribution in [0.1, 0.15) is 24.1 Å². The molecule has 0 aliphatic carbocycles. The van der Waals surface area contributed by atoms with Crippen LogP contribution >= 0.6 is 0 Å². The van der Waals surface area contributed by atoms with Crippen LogP contribution in [0.3, 0.4) is 0 Å². The van der Waals surface area contributed by atoms with Gasteiger partial charge < -0.3 is 5.32 Å². The molecule has 26 heavy (non-hydrogen) atoms. The van der Waals surface area contributed by atoms with Crippen LogP contribution in [-0.2, 0) is 0 Å². The molecule has 0 aromatic heterocycles. The zero-order valence-corrected chi connectivity index (χ0v) is 14.5. The van der Waals surface area contributed by atoms with E-state index in [1.807, 2.05) is 18.2 Å². The average Bonchev–Trinajstić information content (AvgIpc) is 2.65. The molecule has 0 bridgehead atoms. The van der Waals surface area contributed by atoms with Crippen molar-refractivity contribution in [1.29, 1.82) is 0 Å². The van der Waals surface area contributed by atoms with E-state index in [0.717, 1.165) is 6.07 Å². The predicted molar refractivity (Wildman–Crippen MR) is 103 cm³/mol. The summed E-state index contributed by atoms with van der Waals surface area (Å²) in [6.45, 7) is 2.76. The Kier molecular flexibility index (Phi) is 5.78. The van der Waals surface area contributed by atoms with Crippen LogP contribution in [-0.4, -0.2) is 6.54 Å². The quantitative estimate of drug-likeness (QED) is 0.625. The molecule has 1 N–H and O–H groups in total. The Hall–Kier alpha value is -2.96. The lowest BCUT2D eigenvalue weighted by Gasteiger charge is -2.15. The molecule has 3 aromatic carbocycles. The molecule has 130 valence electrons. The highest BCUT2D eigenvalue weighted by molar-refractivity contribution is 5.86. The highest BCUT2D eigenvalue weighted by atomic mass is 19.1. The molecule has 0 aliphatic rings. The maximum Gasteiger partial charge on any atom is 0.141 e. The zero-order chi connectivity index (χ0) is 18.4. The van der Waals surface area contributed by atoms with Crippen molar-refractivity contribution in [2.24, 2.45) is 0 Å². The molecule has 1 unspecified atom stereocenters. The molecule has 3 heteroatoms. The number of benzene rings is 3. The fourth-order valence-corrected chi connectivity index (χ4v) is 2.81. The molecule has 0 fully saturated rings. The number of hydrogen-bond acceptors (Lipinski definition) is 1. The van der Waals surface area contributed by atoms with Gasteiger partial charge in [-0.1, -0.05) is 60.4 Å². The van der Waals surface area contributed by atoms with Crippen molar-refractivity contribution in [3.05, 3.63) is 95.6 Å². The summed E-state index contributed by atoms with van der Waals surface area (Å²) >= 11 is 0. The fraction of sp³-hybridized carbons (Fsp3) is 0.130. The molecule has 3 aromatic rings. The SMILES string of the molecule is CC(NC/C=C/C#Cc1ccc(F)cc1F)c1cccc2ccccc12. The molecule has 3 rings (SSSR count). The molecule has 0 heterocycles. The highest BCUT2D eigenvalue weighted by Gasteiger charge is 2.07. The van der Waals surface area contributed by atoms with Crippen LogP contribution < -0.4 is 5.32 Å². The molecule has 0 saturated heterocycles. The highest BCUT2D eigenvalue weighted by Crippen LogP contribution is 2.23. The summed E-state index contributed by atoms with van der Waals surface area (Å²) in [4.78, 5) is 0. The van der Waals surface area contributed by atoms with Crippen molar-refractivity contribution in [3.63, 3.8) is 0 Å². The van der Waals surface area contributed by atoms with Crippen LogP contribution in [0.5, 0.6) is 0 Å². The Balaban J connectivity index is 1.59. The van der Waals surface area contributed by atoms with E-state index in [-0.39, 0.29) is 11.6 Å². The Morgan fingerprint density at radius 2 is 1.85 bits per heavy atom. The average molecular weight is 347 g/mol. The topological polar surface area (TPSA) is 12.0 Å². The van der Waals surface area contributed by atoms with Crippen LogP contribution in [0.2, 0.25) is 0 Å². The van der Waals surface area contributed by atoms with Crippen molar-refractivity contribution in [2.45, 2.75) is 13.0 Å². The second-order valence-corrected chi connectivity index (χ2v) is 5.99. The monoisotopic (exact) mass is 347 g/mol. The second kappa shape index (κ2) is 8.42. The van der Waals surface area contributed by atoms with E-state index in [4.69, 9.17) is 0 Å². The largest absolute Gasteiger partial charge is 0.307 e. The van der Waals surface area contributed by atoms with Crippen molar-refractivity contribution >= 4 is 10.8 Å². The third kappa shape index (κ3) is 4.36. The molecule has 0 aliphatic heterocycles. The van der Waals surface area contributed by atoms with E-state index < -0.39 is 11.6 Å². The summed E-state index contributed by atoms with van der Waals surface area (Å²) in [5, 5.41) is 5.90. The van der Waals surface area contributed by atoms with Gasteiger partial charge in [-0.15, -0.1) is 0 Å². The maximum absolute atomic E-state index is 13.5. The molecule has 1 atom stereocenters. The summed E-state index contributed by atoms with van der Waals surface area (Å²) in [7, 11) is 0. The Labute approximate surface area is 152 Å². The zero-order valence-electron chi connectivity index (χ0n) is 14.5. The number of nitrogens with one attached hydrogen (secondary N) is 1. The number of fused-ring (bicyclic) bond motifs is 1. The minimum atomic E-state index is -0.645. The number of rotatable bonds is 4. The minimum Gasteiger partial charge on any atom is -0.307 e. The van der Waals surface area contributed by atoms with Gasteiger partial charge in [0.1, 0.15) is 11.6 Å². The molecule has 1 nitrogen and oxygen atoms in total. The Morgan fingerprint density at radius 1 is 1.04 bits per heavy atom. The van der Waals surface area contributed by atoms with Crippen molar-refractivity contribution < 1.29 is 8.78 Å². The van der Waals surface area contributed by atoms with Crippen LogP contribution in [0.15, 0.2) is 72.8 Å². The first-order chi connectivity index (χ1) is 12.6. The van der Waals surface area contributed by atoms with Crippen LogP contribution in [0.25, 0.3) is 10.8 Å². The van der Waals surface area contributed by atoms with Crippen molar-refractivity contribution in [1.82, 2.24) is 5.32 Å². The van der Waals surface area contributed by atoms with Gasteiger partial charge in [-0.05, 0) is 41.5 Å². The van der Waals surface area contributed by atoms with Gasteiger partial charge in [0.2, 0.25) is 0 Å². The smallest absolute Gasteiger partial charge is 0.141 e. The number of allylic oxidation sites excluding steroid dienone is 1. The summed E-state index contributed by atoms with van der Waals surface area (Å²) in [5.41, 5.74) is 1.43. The molecule has 0 radical (unpaired) electrons. The summed E-state index contributed by atoms with van der Waals surface area (Å²) in [5.74, 6) is 4.20. The van der Waals surface area contributed by atoms with Gasteiger partial charge in [0.05, 0.1) is 5.56 Å². The van der Waals surface area contributed by atoms with Gasteiger partial charge in [0.25, 0.3) is 0 Å². The van der Waals surface area contributed by atoms with Gasteiger partial charge in [0, 0.05) is 18.7 Å². The summed E-state index contributed by atoms with van der Waals surface area (Å²) < 4.78 is 26.3. The Bertz CT molecular complexity index is 991. The first kappa shape index (κ1) is 17.8. The molecular formula is C23H19F2N. The van der Waals surface area contributed by atoms with Gasteiger partial charge >= 0.3 is 0 Å². The van der Waals surface area contributed by atoms with Crippen molar-refractivity contribution in [2.75, 3.05) is 6.54 Å². The van der Waals surface area contributed by atoms with Gasteiger partial charge in [-0.2, -0.15) is 0 Å². The van der Waals surface area contributed by atoms with E-state index in [9.17, 15) is 8.78 Å². The number of hydrogen-bond donors (Lipinski definition) is 1. The molecule has 0 saturated carbocycles. The summed E-state index contributed by atoms with van der Waals surface area (Å²) in [6.07, 6.45) is 3.56. The van der Waals surface area contributed by atoms with E-state index in [1.54, 1.807) is 6.08 Å². The second-order valence-electron chi connectivity index (χ2n) is 5.99. The van der Waals surface area contributed by atoms with E-state index >= 15 is 0 Å². The standard InChI is InChI=1S/C23H19F2N/c1-17(21-12-7-10-18-8-4-5-11-22(18)21)26-15-6-2-3-9-19-13-14-20(24)16-23(19)25/h2,4-8,10-14,16-17,26H,15H2,1H3/b6-2+. The third-order valence-corrected chi connectivity index (χ3v) is 4.17. The lowest BCUT2D eigenvalue weighted by atomic mass is 10.00. The first-order valence-corrected chi connectivity index (χ1v) is 8.48. The third-order valence-electron chi connectivity index (χ3n) is 4.17. The van der Waals surface area contributed by atoms with E-state index in [0.29, 0.717) is 6.54 Å². The number of halogens is 2. The van der Waals surface area contributed by atoms with Gasteiger partial charge in [-0.25, -0.2) is 8.78 Å². The van der Waals surface area contributed by atoms with Gasteiger partial charge in [0.15, 0.2) is 0 Å². The van der Waals surface area contributed by atoms with E-state index in [2.05, 4.69) is 54.4 Å². The van der Waals surface area contributed by atoms with Crippen LogP contribution in [0, 0.1) is 23.5 Å². The molecule has 0 spiro atoms. The van der Waals surface area contributed by atoms with Crippen molar-refractivity contribution in [3.8, 4) is 11.8 Å². The van der Waals surface area contributed by atoms with Gasteiger partial charge in [-0.3, -0.25) is 0 Å². The predicted octanol–water partition coefficient (Wildman–Crippen LogP) is 5.38. The van der Waals surface area contributed by atoms with Crippen LogP contribution in [0.4, 0.5) is 8.78 Å². The Morgan fingerprint density at radius 3 is 2.69 bits per heavy atom. The maximum atomic E-state index is 13.5. The van der Waals surface area contributed by atoms with E-state index in [1.165, 1.54) is 28.5 Å². The minimum absolute atomic E-state index is 0.188. The fourth-order valence-electron chi connectivity index (χ4n) is 2.81. The first-order valence-electron chi connectivity index (χ1n) is 8.48. The normalized spacial score (nSPS) is 12.1.